The predicted molar refractivity (Wildman–Crippen MR) is 145 cm³/mol. The van der Waals surface area contributed by atoms with Crippen LogP contribution in [0.3, 0.4) is 0 Å². The molecule has 0 aromatic heterocycles. The van der Waals surface area contributed by atoms with Gasteiger partial charge in [-0.2, -0.15) is 0 Å². The molecule has 9 heteroatoms. The summed E-state index contributed by atoms with van der Waals surface area (Å²) in [5.74, 6) is 0.0616. The molecule has 9 nitrogen and oxygen atoms in total. The van der Waals surface area contributed by atoms with E-state index in [2.05, 4.69) is 0 Å². The van der Waals surface area contributed by atoms with Crippen molar-refractivity contribution in [2.24, 2.45) is 5.73 Å². The maximum atomic E-state index is 13.1. The lowest BCUT2D eigenvalue weighted by Gasteiger charge is -2.30. The highest BCUT2D eigenvalue weighted by atomic mass is 16.6. The SMILES string of the molecule is CC(C)(C)OC(=O)N1C[C@@H](N(C(=O)CN)C(=O)OC(C)(C)C)C[C@@H]1COc1cccc(-c2ccccc2)c1. The number of carbonyl (C=O) groups is 3. The zero-order valence-corrected chi connectivity index (χ0v) is 23.1. The molecule has 1 saturated heterocycles. The molecule has 2 aromatic rings. The van der Waals surface area contributed by atoms with Crippen LogP contribution in [-0.2, 0) is 14.3 Å². The quantitative estimate of drug-likeness (QED) is 0.575. The maximum Gasteiger partial charge on any atom is 0.417 e. The number of nitrogens with two attached hydrogens (primary N) is 1. The standard InChI is InChI=1S/C29H39N3O6/c1-28(2,3)37-26(34)31-18-22(32(25(33)17-30)27(35)38-29(4,5)6)16-23(31)19-36-24-14-10-13-21(15-24)20-11-8-7-9-12-20/h7-15,22-23H,16-19,30H2,1-6H3/t22-,23+/m0/s1. The third-order valence-electron chi connectivity index (χ3n) is 5.80. The molecule has 206 valence electrons. The molecule has 0 saturated carbocycles. The van der Waals surface area contributed by atoms with Crippen LogP contribution in [0.1, 0.15) is 48.0 Å². The van der Waals surface area contributed by atoms with Crippen molar-refractivity contribution < 1.29 is 28.6 Å². The lowest BCUT2D eigenvalue weighted by atomic mass is 10.1. The Hall–Kier alpha value is -3.59. The van der Waals surface area contributed by atoms with Gasteiger partial charge in [-0.25, -0.2) is 14.5 Å². The first-order chi connectivity index (χ1) is 17.8. The van der Waals surface area contributed by atoms with Crippen molar-refractivity contribution in [3.05, 3.63) is 54.6 Å². The third-order valence-corrected chi connectivity index (χ3v) is 5.80. The molecule has 38 heavy (non-hydrogen) atoms. The van der Waals surface area contributed by atoms with Gasteiger partial charge in [0, 0.05) is 6.54 Å². The second-order valence-corrected chi connectivity index (χ2v) is 11.3. The molecule has 1 aliphatic heterocycles. The zero-order chi connectivity index (χ0) is 28.1. The Labute approximate surface area is 224 Å². The largest absolute Gasteiger partial charge is 0.491 e. The van der Waals surface area contributed by atoms with E-state index in [9.17, 15) is 14.4 Å². The van der Waals surface area contributed by atoms with Gasteiger partial charge in [0.05, 0.1) is 18.6 Å². The van der Waals surface area contributed by atoms with Gasteiger partial charge in [0.15, 0.2) is 0 Å². The maximum absolute atomic E-state index is 13.1. The van der Waals surface area contributed by atoms with Crippen LogP contribution in [-0.4, -0.2) is 70.9 Å². The van der Waals surface area contributed by atoms with Crippen LogP contribution >= 0.6 is 0 Å². The molecule has 0 spiro atoms. The summed E-state index contributed by atoms with van der Waals surface area (Å²) in [5.41, 5.74) is 6.16. The Morgan fingerprint density at radius 1 is 0.921 bits per heavy atom. The van der Waals surface area contributed by atoms with E-state index >= 15 is 0 Å². The van der Waals surface area contributed by atoms with Gasteiger partial charge < -0.3 is 19.9 Å². The van der Waals surface area contributed by atoms with Crippen LogP contribution in [0.4, 0.5) is 9.59 Å². The van der Waals surface area contributed by atoms with E-state index in [1.54, 1.807) is 41.5 Å². The normalized spacial score (nSPS) is 17.6. The van der Waals surface area contributed by atoms with E-state index in [1.165, 1.54) is 4.90 Å². The van der Waals surface area contributed by atoms with Crippen molar-refractivity contribution in [3.63, 3.8) is 0 Å². The summed E-state index contributed by atoms with van der Waals surface area (Å²) in [6.45, 7) is 10.4. The predicted octanol–water partition coefficient (Wildman–Crippen LogP) is 4.83. The number of ether oxygens (including phenoxy) is 3. The van der Waals surface area contributed by atoms with Crippen molar-refractivity contribution in [3.8, 4) is 16.9 Å². The van der Waals surface area contributed by atoms with Crippen LogP contribution in [0.25, 0.3) is 11.1 Å². The average molecular weight is 526 g/mol. The molecule has 2 atom stereocenters. The first kappa shape index (κ1) is 29.0. The lowest BCUT2D eigenvalue weighted by Crippen LogP contribution is -2.50. The molecule has 3 amide bonds. The topological polar surface area (TPSA) is 111 Å². The Kier molecular flexibility index (Phi) is 9.04. The van der Waals surface area contributed by atoms with Gasteiger partial charge in [0.1, 0.15) is 23.6 Å². The summed E-state index contributed by atoms with van der Waals surface area (Å²) in [7, 11) is 0. The number of amides is 3. The number of hydrogen-bond acceptors (Lipinski definition) is 7. The van der Waals surface area contributed by atoms with Gasteiger partial charge in [0.25, 0.3) is 0 Å². The van der Waals surface area contributed by atoms with Gasteiger partial charge in [0.2, 0.25) is 5.91 Å². The summed E-state index contributed by atoms with van der Waals surface area (Å²) in [6, 6.07) is 16.5. The van der Waals surface area contributed by atoms with Crippen LogP contribution in [0.2, 0.25) is 0 Å². The highest BCUT2D eigenvalue weighted by molar-refractivity contribution is 5.93. The van der Waals surface area contributed by atoms with Gasteiger partial charge in [-0.1, -0.05) is 42.5 Å². The molecule has 0 radical (unpaired) electrons. The zero-order valence-electron chi connectivity index (χ0n) is 23.1. The Bertz CT molecular complexity index is 1120. The van der Waals surface area contributed by atoms with E-state index in [-0.39, 0.29) is 19.7 Å². The van der Waals surface area contributed by atoms with Crippen molar-refractivity contribution in [1.82, 2.24) is 9.80 Å². The molecule has 3 rings (SSSR count). The van der Waals surface area contributed by atoms with Crippen LogP contribution in [0.5, 0.6) is 5.75 Å². The minimum atomic E-state index is -0.806. The van der Waals surface area contributed by atoms with Crippen LogP contribution < -0.4 is 10.5 Å². The van der Waals surface area contributed by atoms with Crippen molar-refractivity contribution in [2.45, 2.75) is 71.2 Å². The number of carbonyl (C=O) groups excluding carboxylic acids is 3. The number of likely N-dealkylation sites (tertiary alicyclic amines) is 1. The Morgan fingerprint density at radius 2 is 1.55 bits per heavy atom. The summed E-state index contributed by atoms with van der Waals surface area (Å²) in [6.07, 6.45) is -1.04. The molecular weight excluding hydrogens is 486 g/mol. The number of rotatable bonds is 6. The first-order valence-electron chi connectivity index (χ1n) is 12.8. The summed E-state index contributed by atoms with van der Waals surface area (Å²) < 4.78 is 17.2. The van der Waals surface area contributed by atoms with Crippen LogP contribution in [0.15, 0.2) is 54.6 Å². The number of hydrogen-bond donors (Lipinski definition) is 1. The summed E-state index contributed by atoms with van der Waals surface area (Å²) in [4.78, 5) is 41.4. The second kappa shape index (κ2) is 11.9. The fourth-order valence-corrected chi connectivity index (χ4v) is 4.23. The summed E-state index contributed by atoms with van der Waals surface area (Å²) >= 11 is 0. The highest BCUT2D eigenvalue weighted by Gasteiger charge is 2.44. The van der Waals surface area contributed by atoms with E-state index in [4.69, 9.17) is 19.9 Å². The molecule has 2 aromatic carbocycles. The van der Waals surface area contributed by atoms with E-state index in [0.29, 0.717) is 12.2 Å². The van der Waals surface area contributed by atoms with Crippen LogP contribution in [0, 0.1) is 0 Å². The highest BCUT2D eigenvalue weighted by Crippen LogP contribution is 2.28. The molecular formula is C29H39N3O6. The lowest BCUT2D eigenvalue weighted by molar-refractivity contribution is -0.130. The molecule has 0 aliphatic carbocycles. The van der Waals surface area contributed by atoms with Gasteiger partial charge >= 0.3 is 12.2 Å². The summed E-state index contributed by atoms with van der Waals surface area (Å²) in [5, 5.41) is 0. The monoisotopic (exact) mass is 525 g/mol. The van der Waals surface area contributed by atoms with Crippen molar-refractivity contribution in [2.75, 3.05) is 19.7 Å². The van der Waals surface area contributed by atoms with Gasteiger partial charge in [-0.05, 0) is 71.2 Å². The van der Waals surface area contributed by atoms with Gasteiger partial charge in [-0.3, -0.25) is 9.69 Å². The van der Waals surface area contributed by atoms with E-state index in [1.807, 2.05) is 54.6 Å². The van der Waals surface area contributed by atoms with Crippen molar-refractivity contribution >= 4 is 18.1 Å². The minimum Gasteiger partial charge on any atom is -0.491 e. The van der Waals surface area contributed by atoms with Crippen molar-refractivity contribution in [1.29, 1.82) is 0 Å². The molecule has 0 bridgehead atoms. The Morgan fingerprint density at radius 3 is 2.16 bits per heavy atom. The fraction of sp³-hybridized carbons (Fsp3) is 0.483. The Balaban J connectivity index is 1.82. The smallest absolute Gasteiger partial charge is 0.417 e. The fourth-order valence-electron chi connectivity index (χ4n) is 4.23. The second-order valence-electron chi connectivity index (χ2n) is 11.3. The minimum absolute atomic E-state index is 0.0813. The first-order valence-corrected chi connectivity index (χ1v) is 12.8. The van der Waals surface area contributed by atoms with E-state index in [0.717, 1.165) is 16.0 Å². The molecule has 0 unspecified atom stereocenters. The van der Waals surface area contributed by atoms with Gasteiger partial charge in [-0.15, -0.1) is 0 Å². The molecule has 2 N–H and O–H groups in total. The van der Waals surface area contributed by atoms with E-state index < -0.39 is 41.4 Å². The number of imide groups is 1. The molecule has 1 fully saturated rings. The number of benzene rings is 2. The third kappa shape index (κ3) is 7.95. The molecule has 1 aliphatic rings. The number of nitrogens with zero attached hydrogens (tertiary/aromatic N) is 2. The molecule has 1 heterocycles. The average Bonchev–Trinajstić information content (AvgIpc) is 3.25.